The highest BCUT2D eigenvalue weighted by Crippen LogP contribution is 2.27. The molecule has 0 spiro atoms. The number of rotatable bonds is 7. The van der Waals surface area contributed by atoms with Crippen molar-refractivity contribution in [2.75, 3.05) is 26.2 Å². The van der Waals surface area contributed by atoms with Crippen LogP contribution in [0.15, 0.2) is 59.5 Å². The minimum absolute atomic E-state index is 0.158. The molecule has 0 bridgehead atoms. The van der Waals surface area contributed by atoms with Crippen LogP contribution in [-0.4, -0.2) is 55.6 Å². The van der Waals surface area contributed by atoms with Crippen molar-refractivity contribution >= 4 is 21.8 Å². The van der Waals surface area contributed by atoms with Gasteiger partial charge in [-0.2, -0.15) is 4.31 Å². The van der Waals surface area contributed by atoms with Gasteiger partial charge in [0.25, 0.3) is 5.91 Å². The number of hydrazine groups is 1. The predicted molar refractivity (Wildman–Crippen MR) is 129 cm³/mol. The van der Waals surface area contributed by atoms with Crippen LogP contribution in [0.4, 0.5) is 0 Å². The van der Waals surface area contributed by atoms with E-state index in [1.807, 2.05) is 18.2 Å². The van der Waals surface area contributed by atoms with Crippen LogP contribution in [0.3, 0.4) is 0 Å². The van der Waals surface area contributed by atoms with Crippen molar-refractivity contribution in [1.29, 1.82) is 0 Å². The molecule has 34 heavy (non-hydrogen) atoms. The Hall–Kier alpha value is -2.75. The number of hydrogen-bond donors (Lipinski definition) is 2. The molecule has 8 nitrogen and oxygen atoms in total. The molecule has 2 fully saturated rings. The number of carbonyl (C=O) groups is 2. The lowest BCUT2D eigenvalue weighted by Crippen LogP contribution is -2.48. The Balaban J connectivity index is 1.27. The van der Waals surface area contributed by atoms with Gasteiger partial charge in [-0.25, -0.2) is 8.42 Å². The Labute approximate surface area is 201 Å². The van der Waals surface area contributed by atoms with E-state index < -0.39 is 15.9 Å². The average molecular weight is 485 g/mol. The zero-order chi connectivity index (χ0) is 24.0. The molecule has 4 rings (SSSR count). The van der Waals surface area contributed by atoms with Crippen LogP contribution in [0, 0.1) is 5.92 Å². The number of benzene rings is 2. The maximum atomic E-state index is 13.1. The summed E-state index contributed by atoms with van der Waals surface area (Å²) < 4.78 is 27.6. The maximum absolute atomic E-state index is 13.1. The average Bonchev–Trinajstić information content (AvgIpc) is 3.36. The molecule has 0 unspecified atom stereocenters. The number of nitrogens with one attached hydrogen (secondary N) is 2. The second-order valence-corrected chi connectivity index (χ2v) is 11.0. The topological polar surface area (TPSA) is 98.8 Å². The third-order valence-electron chi connectivity index (χ3n) is 6.60. The summed E-state index contributed by atoms with van der Waals surface area (Å²) in [4.78, 5) is 26.8. The van der Waals surface area contributed by atoms with Crippen molar-refractivity contribution in [3.63, 3.8) is 0 Å². The Kier molecular flexibility index (Phi) is 7.97. The minimum Gasteiger partial charge on any atom is -0.296 e. The molecule has 1 saturated heterocycles. The largest absolute Gasteiger partial charge is 0.296 e. The van der Waals surface area contributed by atoms with Crippen LogP contribution in [0.25, 0.3) is 0 Å². The van der Waals surface area contributed by atoms with Gasteiger partial charge in [0.2, 0.25) is 15.9 Å². The number of sulfonamides is 1. The fourth-order valence-corrected chi connectivity index (χ4v) is 6.05. The fourth-order valence-electron chi connectivity index (χ4n) is 4.62. The van der Waals surface area contributed by atoms with Crippen LogP contribution < -0.4 is 10.9 Å². The van der Waals surface area contributed by atoms with Gasteiger partial charge in [0.05, 0.1) is 4.90 Å². The van der Waals surface area contributed by atoms with E-state index in [1.165, 1.54) is 34.1 Å². The first-order valence-electron chi connectivity index (χ1n) is 11.9. The van der Waals surface area contributed by atoms with E-state index in [4.69, 9.17) is 0 Å². The zero-order valence-electron chi connectivity index (χ0n) is 19.3. The van der Waals surface area contributed by atoms with Crippen molar-refractivity contribution in [3.05, 3.63) is 65.7 Å². The Morgan fingerprint density at radius 3 is 2.15 bits per heavy atom. The molecule has 0 radical (unpaired) electrons. The number of hydrogen-bond acceptors (Lipinski definition) is 5. The van der Waals surface area contributed by atoms with Crippen LogP contribution in [-0.2, 0) is 21.4 Å². The van der Waals surface area contributed by atoms with Gasteiger partial charge in [0, 0.05) is 44.7 Å². The fraction of sp³-hybridized carbons (Fsp3) is 0.440. The molecular formula is C25H32N4O4S. The summed E-state index contributed by atoms with van der Waals surface area (Å²) in [6, 6.07) is 16.0. The van der Waals surface area contributed by atoms with E-state index in [1.54, 1.807) is 0 Å². The van der Waals surface area contributed by atoms with Crippen LogP contribution in [0.2, 0.25) is 0 Å². The van der Waals surface area contributed by atoms with Gasteiger partial charge in [-0.3, -0.25) is 25.3 Å². The summed E-state index contributed by atoms with van der Waals surface area (Å²) in [6.07, 6.45) is 4.83. The first-order chi connectivity index (χ1) is 16.4. The summed E-state index contributed by atoms with van der Waals surface area (Å²) in [5.74, 6) is -0.286. The molecule has 1 saturated carbocycles. The van der Waals surface area contributed by atoms with Crippen LogP contribution in [0.1, 0.15) is 48.0 Å². The standard InChI is InChI=1S/C25H32N4O4S/c30-24(18-20-6-4-5-7-20)26-27-25(31)22-10-12-23(13-11-22)34(32,33)29-16-14-28(15-17-29)19-21-8-2-1-3-9-21/h1-3,8-13,20H,4-7,14-19H2,(H,26,30)(H,27,31). The highest BCUT2D eigenvalue weighted by atomic mass is 32.2. The van der Waals surface area contributed by atoms with Gasteiger partial charge in [0.1, 0.15) is 0 Å². The van der Waals surface area contributed by atoms with Gasteiger partial charge in [0.15, 0.2) is 0 Å². The van der Waals surface area contributed by atoms with Crippen molar-refractivity contribution in [2.45, 2.75) is 43.5 Å². The van der Waals surface area contributed by atoms with Crippen molar-refractivity contribution in [1.82, 2.24) is 20.1 Å². The monoisotopic (exact) mass is 484 g/mol. The lowest BCUT2D eigenvalue weighted by Gasteiger charge is -2.34. The molecule has 1 aliphatic carbocycles. The van der Waals surface area contributed by atoms with Gasteiger partial charge in [-0.05, 0) is 48.6 Å². The molecular weight excluding hydrogens is 452 g/mol. The quantitative estimate of drug-likeness (QED) is 0.589. The van der Waals surface area contributed by atoms with E-state index in [0.717, 1.165) is 32.2 Å². The van der Waals surface area contributed by atoms with E-state index in [-0.39, 0.29) is 16.4 Å². The van der Waals surface area contributed by atoms with E-state index in [2.05, 4.69) is 27.9 Å². The Bertz CT molecular complexity index is 1080. The first-order valence-corrected chi connectivity index (χ1v) is 13.3. The van der Waals surface area contributed by atoms with E-state index in [9.17, 15) is 18.0 Å². The van der Waals surface area contributed by atoms with Gasteiger partial charge in [-0.15, -0.1) is 0 Å². The Morgan fingerprint density at radius 1 is 0.853 bits per heavy atom. The summed E-state index contributed by atoms with van der Waals surface area (Å²) in [6.45, 7) is 2.97. The lowest BCUT2D eigenvalue weighted by molar-refractivity contribution is -0.122. The first kappa shape index (κ1) is 24.4. The van der Waals surface area contributed by atoms with Crippen molar-refractivity contribution in [3.8, 4) is 0 Å². The molecule has 182 valence electrons. The number of piperazine rings is 1. The predicted octanol–water partition coefficient (Wildman–Crippen LogP) is 2.53. The summed E-state index contributed by atoms with van der Waals surface area (Å²) in [7, 11) is -3.63. The van der Waals surface area contributed by atoms with Crippen molar-refractivity contribution < 1.29 is 18.0 Å². The zero-order valence-corrected chi connectivity index (χ0v) is 20.1. The molecule has 2 aliphatic rings. The normalized spacial score (nSPS) is 18.0. The highest BCUT2D eigenvalue weighted by molar-refractivity contribution is 7.89. The smallest absolute Gasteiger partial charge is 0.269 e. The third kappa shape index (κ3) is 6.22. The summed E-state index contributed by atoms with van der Waals surface area (Å²) >= 11 is 0. The summed E-state index contributed by atoms with van der Waals surface area (Å²) in [5.41, 5.74) is 6.37. The molecule has 2 amide bonds. The highest BCUT2D eigenvalue weighted by Gasteiger charge is 2.28. The molecule has 1 heterocycles. The molecule has 2 aromatic carbocycles. The van der Waals surface area contributed by atoms with Gasteiger partial charge < -0.3 is 0 Å². The van der Waals surface area contributed by atoms with E-state index in [0.29, 0.717) is 38.5 Å². The molecule has 2 N–H and O–H groups in total. The number of nitrogens with zero attached hydrogens (tertiary/aromatic N) is 2. The number of carbonyl (C=O) groups excluding carboxylic acids is 2. The second-order valence-electron chi connectivity index (χ2n) is 9.05. The Morgan fingerprint density at radius 2 is 1.50 bits per heavy atom. The lowest BCUT2D eigenvalue weighted by atomic mass is 10.0. The van der Waals surface area contributed by atoms with E-state index >= 15 is 0 Å². The SMILES string of the molecule is O=C(CC1CCCC1)NNC(=O)c1ccc(S(=O)(=O)N2CCN(Cc3ccccc3)CC2)cc1. The third-order valence-corrected chi connectivity index (χ3v) is 8.51. The minimum atomic E-state index is -3.63. The number of amides is 2. The maximum Gasteiger partial charge on any atom is 0.269 e. The van der Waals surface area contributed by atoms with Gasteiger partial charge >= 0.3 is 0 Å². The summed E-state index contributed by atoms with van der Waals surface area (Å²) in [5, 5.41) is 0. The van der Waals surface area contributed by atoms with Gasteiger partial charge in [-0.1, -0.05) is 43.2 Å². The van der Waals surface area contributed by atoms with Crippen molar-refractivity contribution in [2.24, 2.45) is 5.92 Å². The second kappa shape index (κ2) is 11.1. The molecule has 0 aromatic heterocycles. The van der Waals surface area contributed by atoms with Crippen LogP contribution in [0.5, 0.6) is 0 Å². The molecule has 0 atom stereocenters. The molecule has 9 heteroatoms. The molecule has 1 aliphatic heterocycles. The molecule has 2 aromatic rings. The van der Waals surface area contributed by atoms with Crippen LogP contribution >= 0.6 is 0 Å².